The van der Waals surface area contributed by atoms with Gasteiger partial charge in [0.15, 0.2) is 0 Å². The molecule has 0 radical (unpaired) electrons. The minimum Gasteiger partial charge on any atom is -0.395 e. The zero-order valence-corrected chi connectivity index (χ0v) is 11.7. The van der Waals surface area contributed by atoms with Crippen LogP contribution in [-0.4, -0.2) is 17.8 Å². The summed E-state index contributed by atoms with van der Waals surface area (Å²) in [5, 5.41) is 11.3. The van der Waals surface area contributed by atoms with Crippen molar-refractivity contribution in [2.45, 2.75) is 12.5 Å². The second kappa shape index (κ2) is 6.36. The molecule has 1 unspecified atom stereocenters. The van der Waals surface area contributed by atoms with Crippen molar-refractivity contribution >= 4 is 39.1 Å². The highest BCUT2D eigenvalue weighted by atomic mass is 79.9. The lowest BCUT2D eigenvalue weighted by Crippen LogP contribution is -2.26. The number of fused-ring (bicyclic) bond motifs is 1. The monoisotopic (exact) mass is 315 g/mol. The average molecular weight is 317 g/mol. The third-order valence-electron chi connectivity index (χ3n) is 2.66. The Bertz CT molecular complexity index is 504. The highest BCUT2D eigenvalue weighted by Gasteiger charge is 2.08. The lowest BCUT2D eigenvalue weighted by molar-refractivity contribution is 0.265. The first kappa shape index (κ1) is 14.5. The normalized spacial score (nSPS) is 12.2. The van der Waals surface area contributed by atoms with Crippen LogP contribution in [0.15, 0.2) is 40.9 Å². The fourth-order valence-electron chi connectivity index (χ4n) is 1.78. The van der Waals surface area contributed by atoms with Crippen molar-refractivity contribution in [3.8, 4) is 0 Å². The maximum atomic E-state index is 8.96. The molecule has 0 amide bonds. The SMILES string of the molecule is Cl.NC(CO)Cc1ccc2ccccc2c1Br. The molecule has 0 spiro atoms. The van der Waals surface area contributed by atoms with Gasteiger partial charge in [-0.05, 0) is 38.7 Å². The number of hydrogen-bond donors (Lipinski definition) is 2. The maximum absolute atomic E-state index is 8.96. The predicted octanol–water partition coefficient (Wildman–Crippen LogP) is 2.89. The Labute approximate surface area is 115 Å². The molecule has 4 heteroatoms. The third kappa shape index (κ3) is 3.19. The van der Waals surface area contributed by atoms with Crippen molar-refractivity contribution < 1.29 is 5.11 Å². The number of aliphatic hydroxyl groups excluding tert-OH is 1. The zero-order valence-electron chi connectivity index (χ0n) is 9.27. The Morgan fingerprint density at radius 2 is 1.88 bits per heavy atom. The molecule has 0 aliphatic carbocycles. The fraction of sp³-hybridized carbons (Fsp3) is 0.231. The van der Waals surface area contributed by atoms with Crippen LogP contribution in [0.1, 0.15) is 5.56 Å². The number of aliphatic hydroxyl groups is 1. The molecule has 2 aromatic rings. The van der Waals surface area contributed by atoms with Crippen LogP contribution in [0.2, 0.25) is 0 Å². The van der Waals surface area contributed by atoms with Crippen LogP contribution >= 0.6 is 28.3 Å². The van der Waals surface area contributed by atoms with Gasteiger partial charge in [-0.1, -0.05) is 36.4 Å². The second-order valence-corrected chi connectivity index (χ2v) is 4.70. The van der Waals surface area contributed by atoms with Gasteiger partial charge in [-0.25, -0.2) is 0 Å². The predicted molar refractivity (Wildman–Crippen MR) is 77.7 cm³/mol. The lowest BCUT2D eigenvalue weighted by atomic mass is 10.0. The highest BCUT2D eigenvalue weighted by molar-refractivity contribution is 9.10. The average Bonchev–Trinajstić information content (AvgIpc) is 2.33. The van der Waals surface area contributed by atoms with Crippen LogP contribution in [0.4, 0.5) is 0 Å². The van der Waals surface area contributed by atoms with E-state index in [4.69, 9.17) is 10.8 Å². The largest absolute Gasteiger partial charge is 0.395 e. The number of hydrogen-bond acceptors (Lipinski definition) is 2. The summed E-state index contributed by atoms with van der Waals surface area (Å²) in [4.78, 5) is 0. The van der Waals surface area contributed by atoms with Gasteiger partial charge in [-0.3, -0.25) is 0 Å². The Hall–Kier alpha value is -0.610. The van der Waals surface area contributed by atoms with E-state index in [-0.39, 0.29) is 25.1 Å². The molecule has 0 saturated heterocycles. The summed E-state index contributed by atoms with van der Waals surface area (Å²) in [7, 11) is 0. The van der Waals surface area contributed by atoms with Crippen molar-refractivity contribution in [2.75, 3.05) is 6.61 Å². The Morgan fingerprint density at radius 1 is 1.18 bits per heavy atom. The van der Waals surface area contributed by atoms with Crippen LogP contribution in [-0.2, 0) is 6.42 Å². The highest BCUT2D eigenvalue weighted by Crippen LogP contribution is 2.28. The summed E-state index contributed by atoms with van der Waals surface area (Å²) < 4.78 is 1.08. The second-order valence-electron chi connectivity index (χ2n) is 3.91. The Balaban J connectivity index is 0.00000144. The van der Waals surface area contributed by atoms with E-state index in [9.17, 15) is 0 Å². The minimum absolute atomic E-state index is 0. The first-order valence-electron chi connectivity index (χ1n) is 5.25. The van der Waals surface area contributed by atoms with E-state index in [1.54, 1.807) is 0 Å². The summed E-state index contributed by atoms with van der Waals surface area (Å²) in [5.41, 5.74) is 6.89. The molecule has 2 rings (SSSR count). The van der Waals surface area contributed by atoms with Crippen LogP contribution in [0.25, 0.3) is 10.8 Å². The molecular formula is C13H15BrClNO. The van der Waals surface area contributed by atoms with Crippen molar-refractivity contribution in [1.82, 2.24) is 0 Å². The van der Waals surface area contributed by atoms with Crippen molar-refractivity contribution in [1.29, 1.82) is 0 Å². The molecule has 0 heterocycles. The van der Waals surface area contributed by atoms with Crippen LogP contribution < -0.4 is 5.73 Å². The van der Waals surface area contributed by atoms with E-state index in [2.05, 4.69) is 40.2 Å². The van der Waals surface area contributed by atoms with E-state index in [1.807, 2.05) is 12.1 Å². The first-order chi connectivity index (χ1) is 7.72. The summed E-state index contributed by atoms with van der Waals surface area (Å²) in [6.45, 7) is 0.0132. The Morgan fingerprint density at radius 3 is 2.59 bits per heavy atom. The molecule has 0 bridgehead atoms. The van der Waals surface area contributed by atoms with Crippen molar-refractivity contribution in [3.63, 3.8) is 0 Å². The fourth-order valence-corrected chi connectivity index (χ4v) is 2.44. The van der Waals surface area contributed by atoms with Gasteiger partial charge in [0, 0.05) is 10.5 Å². The quantitative estimate of drug-likeness (QED) is 0.914. The number of rotatable bonds is 3. The first-order valence-corrected chi connectivity index (χ1v) is 6.04. The molecule has 2 aromatic carbocycles. The van der Waals surface area contributed by atoms with Crippen LogP contribution in [0.3, 0.4) is 0 Å². The van der Waals surface area contributed by atoms with Crippen molar-refractivity contribution in [2.24, 2.45) is 5.73 Å². The topological polar surface area (TPSA) is 46.2 Å². The molecule has 1 atom stereocenters. The molecule has 0 aliphatic heterocycles. The summed E-state index contributed by atoms with van der Waals surface area (Å²) in [5.74, 6) is 0. The zero-order chi connectivity index (χ0) is 11.5. The third-order valence-corrected chi connectivity index (χ3v) is 3.60. The van der Waals surface area contributed by atoms with E-state index >= 15 is 0 Å². The minimum atomic E-state index is -0.197. The van der Waals surface area contributed by atoms with Gasteiger partial charge in [0.25, 0.3) is 0 Å². The molecule has 17 heavy (non-hydrogen) atoms. The molecule has 3 N–H and O–H groups in total. The summed E-state index contributed by atoms with van der Waals surface area (Å²) in [6.07, 6.45) is 0.682. The summed E-state index contributed by atoms with van der Waals surface area (Å²) in [6, 6.07) is 12.1. The van der Waals surface area contributed by atoms with E-state index < -0.39 is 0 Å². The molecule has 92 valence electrons. The molecule has 0 saturated carbocycles. The van der Waals surface area contributed by atoms with Crippen LogP contribution in [0.5, 0.6) is 0 Å². The number of halogens is 2. The smallest absolute Gasteiger partial charge is 0.0585 e. The van der Waals surface area contributed by atoms with Gasteiger partial charge in [0.2, 0.25) is 0 Å². The molecule has 0 fully saturated rings. The van der Waals surface area contributed by atoms with Gasteiger partial charge in [0.05, 0.1) is 6.61 Å². The van der Waals surface area contributed by atoms with Gasteiger partial charge in [-0.2, -0.15) is 0 Å². The van der Waals surface area contributed by atoms with E-state index in [1.165, 1.54) is 10.8 Å². The van der Waals surface area contributed by atoms with Crippen molar-refractivity contribution in [3.05, 3.63) is 46.4 Å². The van der Waals surface area contributed by atoms with Gasteiger partial charge in [0.1, 0.15) is 0 Å². The lowest BCUT2D eigenvalue weighted by Gasteiger charge is -2.11. The molecule has 0 aliphatic rings. The van der Waals surface area contributed by atoms with E-state index in [0.717, 1.165) is 10.0 Å². The Kier molecular flexibility index (Phi) is 5.40. The molecule has 0 aromatic heterocycles. The van der Waals surface area contributed by atoms with Gasteiger partial charge < -0.3 is 10.8 Å². The van der Waals surface area contributed by atoms with E-state index in [0.29, 0.717) is 6.42 Å². The summed E-state index contributed by atoms with van der Waals surface area (Å²) >= 11 is 3.60. The van der Waals surface area contributed by atoms with Crippen LogP contribution in [0, 0.1) is 0 Å². The standard InChI is InChI=1S/C13H14BrNO.ClH/c14-13-10(7-11(15)8-16)6-5-9-3-1-2-4-12(9)13;/h1-6,11,16H,7-8,15H2;1H. The molecule has 2 nitrogen and oxygen atoms in total. The maximum Gasteiger partial charge on any atom is 0.0585 e. The number of nitrogens with two attached hydrogens (primary N) is 1. The molecular weight excluding hydrogens is 302 g/mol. The number of benzene rings is 2. The van der Waals surface area contributed by atoms with Gasteiger partial charge >= 0.3 is 0 Å². The van der Waals surface area contributed by atoms with Gasteiger partial charge in [-0.15, -0.1) is 12.4 Å².